The molecule has 1 aromatic rings. The van der Waals surface area contributed by atoms with Crippen LogP contribution in [0.5, 0.6) is 11.5 Å². The summed E-state index contributed by atoms with van der Waals surface area (Å²) in [6.07, 6.45) is -0.193. The van der Waals surface area contributed by atoms with Crippen LogP contribution in [0.4, 0.5) is 4.79 Å². The maximum Gasteiger partial charge on any atom is 0.412 e. The molecule has 1 aromatic carbocycles. The highest BCUT2D eigenvalue weighted by atomic mass is 16.7. The molecular weight excluding hydrogens is 222 g/mol. The predicted molar refractivity (Wildman–Crippen MR) is 63.2 cm³/mol. The lowest BCUT2D eigenvalue weighted by Gasteiger charge is -2.17. The summed E-state index contributed by atoms with van der Waals surface area (Å²) in [7, 11) is 3.06. The van der Waals surface area contributed by atoms with Gasteiger partial charge in [0, 0.05) is 20.6 Å². The number of carbonyl (C=O) groups is 1. The molecule has 17 heavy (non-hydrogen) atoms. The Balaban J connectivity index is 2.80. The van der Waals surface area contributed by atoms with Crippen molar-refractivity contribution in [3.63, 3.8) is 0 Å². The third-order valence-electron chi connectivity index (χ3n) is 2.11. The van der Waals surface area contributed by atoms with E-state index < -0.39 is 6.09 Å². The van der Waals surface area contributed by atoms with Gasteiger partial charge in [0.25, 0.3) is 0 Å². The number of para-hydroxylation sites is 2. The first-order chi connectivity index (χ1) is 8.21. The molecule has 0 fully saturated rings. The summed E-state index contributed by atoms with van der Waals surface area (Å²) in [5.41, 5.74) is 0. The average Bonchev–Trinajstić information content (AvgIpc) is 2.37. The van der Waals surface area contributed by atoms with Crippen molar-refractivity contribution in [2.45, 2.75) is 19.6 Å². The third-order valence-corrected chi connectivity index (χ3v) is 2.11. The zero-order chi connectivity index (χ0) is 12.7. The topological polar surface area (TPSA) is 56.8 Å². The SMILES string of the molecule is CCC(OC)Oc1ccccc1OC(=O)NC. The maximum atomic E-state index is 11.1. The first-order valence-corrected chi connectivity index (χ1v) is 5.39. The van der Waals surface area contributed by atoms with E-state index in [4.69, 9.17) is 14.2 Å². The van der Waals surface area contributed by atoms with E-state index in [1.54, 1.807) is 31.4 Å². The van der Waals surface area contributed by atoms with Gasteiger partial charge in [0.2, 0.25) is 0 Å². The van der Waals surface area contributed by atoms with E-state index in [1.807, 2.05) is 6.92 Å². The molecule has 0 aromatic heterocycles. The van der Waals surface area contributed by atoms with Crippen LogP contribution in [-0.2, 0) is 4.74 Å². The zero-order valence-corrected chi connectivity index (χ0v) is 10.2. The number of rotatable bonds is 5. The third kappa shape index (κ3) is 3.96. The minimum absolute atomic E-state index is 0.357. The molecule has 5 heteroatoms. The van der Waals surface area contributed by atoms with Crippen LogP contribution in [0.1, 0.15) is 13.3 Å². The zero-order valence-electron chi connectivity index (χ0n) is 10.2. The lowest BCUT2D eigenvalue weighted by atomic mass is 10.3. The van der Waals surface area contributed by atoms with Crippen molar-refractivity contribution in [2.24, 2.45) is 0 Å². The smallest absolute Gasteiger partial charge is 0.412 e. The van der Waals surface area contributed by atoms with E-state index in [0.717, 1.165) is 0 Å². The number of methoxy groups -OCH3 is 1. The Morgan fingerprint density at radius 3 is 2.53 bits per heavy atom. The van der Waals surface area contributed by atoms with E-state index in [0.29, 0.717) is 17.9 Å². The second-order valence-electron chi connectivity index (χ2n) is 3.28. The van der Waals surface area contributed by atoms with Crippen LogP contribution in [0, 0.1) is 0 Å². The van der Waals surface area contributed by atoms with Gasteiger partial charge in [0.1, 0.15) is 0 Å². The van der Waals surface area contributed by atoms with Gasteiger partial charge in [0.05, 0.1) is 0 Å². The maximum absolute atomic E-state index is 11.1. The second kappa shape index (κ2) is 6.75. The lowest BCUT2D eigenvalue weighted by molar-refractivity contribution is -0.0558. The highest BCUT2D eigenvalue weighted by Crippen LogP contribution is 2.28. The standard InChI is InChI=1S/C12H17NO4/c1-4-11(15-3)16-9-7-5-6-8-10(9)17-12(14)13-2/h5-8,11H,4H2,1-3H3,(H,13,14). The Morgan fingerprint density at radius 2 is 2.00 bits per heavy atom. The van der Waals surface area contributed by atoms with Crippen LogP contribution >= 0.6 is 0 Å². The van der Waals surface area contributed by atoms with Gasteiger partial charge in [-0.3, -0.25) is 0 Å². The Labute approximate surface area is 101 Å². The predicted octanol–water partition coefficient (Wildman–Crippen LogP) is 2.17. The van der Waals surface area contributed by atoms with E-state index in [1.165, 1.54) is 7.05 Å². The Morgan fingerprint density at radius 1 is 1.35 bits per heavy atom. The molecule has 1 amide bonds. The van der Waals surface area contributed by atoms with Crippen molar-refractivity contribution in [2.75, 3.05) is 14.2 Å². The monoisotopic (exact) mass is 239 g/mol. The number of carbonyl (C=O) groups excluding carboxylic acids is 1. The van der Waals surface area contributed by atoms with Crippen molar-refractivity contribution in [3.05, 3.63) is 24.3 Å². The van der Waals surface area contributed by atoms with Gasteiger partial charge in [-0.2, -0.15) is 0 Å². The number of hydrogen-bond acceptors (Lipinski definition) is 4. The van der Waals surface area contributed by atoms with Crippen LogP contribution in [0.2, 0.25) is 0 Å². The van der Waals surface area contributed by atoms with Gasteiger partial charge in [-0.05, 0) is 12.1 Å². The number of amides is 1. The van der Waals surface area contributed by atoms with E-state index >= 15 is 0 Å². The minimum Gasteiger partial charge on any atom is -0.461 e. The quantitative estimate of drug-likeness (QED) is 0.800. The molecule has 0 bridgehead atoms. The summed E-state index contributed by atoms with van der Waals surface area (Å²) in [4.78, 5) is 11.1. The summed E-state index contributed by atoms with van der Waals surface area (Å²) in [5, 5.41) is 2.37. The molecule has 0 radical (unpaired) electrons. The van der Waals surface area contributed by atoms with Gasteiger partial charge in [-0.1, -0.05) is 19.1 Å². The Kier molecular flexibility index (Phi) is 5.29. The molecule has 5 nitrogen and oxygen atoms in total. The first-order valence-electron chi connectivity index (χ1n) is 5.39. The molecule has 0 aliphatic carbocycles. The molecule has 0 aliphatic rings. The summed E-state index contributed by atoms with van der Waals surface area (Å²) >= 11 is 0. The van der Waals surface area contributed by atoms with E-state index in [2.05, 4.69) is 5.32 Å². The Hall–Kier alpha value is -1.75. The molecule has 0 spiro atoms. The number of ether oxygens (including phenoxy) is 3. The first kappa shape index (κ1) is 13.3. The molecule has 0 aliphatic heterocycles. The van der Waals surface area contributed by atoms with Crippen LogP contribution in [0.25, 0.3) is 0 Å². The second-order valence-corrected chi connectivity index (χ2v) is 3.28. The molecular formula is C12H17NO4. The van der Waals surface area contributed by atoms with E-state index in [9.17, 15) is 4.79 Å². The molecule has 0 saturated carbocycles. The fraction of sp³-hybridized carbons (Fsp3) is 0.417. The summed E-state index contributed by atoms with van der Waals surface area (Å²) in [5.74, 6) is 0.840. The fourth-order valence-electron chi connectivity index (χ4n) is 1.22. The number of nitrogens with one attached hydrogen (secondary N) is 1. The fourth-order valence-corrected chi connectivity index (χ4v) is 1.22. The van der Waals surface area contributed by atoms with Crippen molar-refractivity contribution in [1.82, 2.24) is 5.32 Å². The van der Waals surface area contributed by atoms with Gasteiger partial charge < -0.3 is 19.5 Å². The minimum atomic E-state index is -0.536. The largest absolute Gasteiger partial charge is 0.461 e. The molecule has 1 N–H and O–H groups in total. The lowest BCUT2D eigenvalue weighted by Crippen LogP contribution is -2.23. The highest BCUT2D eigenvalue weighted by molar-refractivity contribution is 5.70. The number of benzene rings is 1. The highest BCUT2D eigenvalue weighted by Gasteiger charge is 2.12. The van der Waals surface area contributed by atoms with Crippen LogP contribution in [-0.4, -0.2) is 26.5 Å². The number of hydrogen-bond donors (Lipinski definition) is 1. The van der Waals surface area contributed by atoms with Crippen LogP contribution < -0.4 is 14.8 Å². The average molecular weight is 239 g/mol. The summed E-state index contributed by atoms with van der Waals surface area (Å²) < 4.78 is 15.7. The van der Waals surface area contributed by atoms with Crippen molar-refractivity contribution >= 4 is 6.09 Å². The molecule has 1 unspecified atom stereocenters. The van der Waals surface area contributed by atoms with E-state index in [-0.39, 0.29) is 6.29 Å². The summed E-state index contributed by atoms with van der Waals surface area (Å²) in [6.45, 7) is 1.94. The summed E-state index contributed by atoms with van der Waals surface area (Å²) in [6, 6.07) is 6.94. The molecule has 1 rings (SSSR count). The Bertz CT molecular complexity index is 363. The van der Waals surface area contributed by atoms with Crippen LogP contribution in [0.3, 0.4) is 0 Å². The van der Waals surface area contributed by atoms with Crippen molar-refractivity contribution in [1.29, 1.82) is 0 Å². The normalized spacial score (nSPS) is 11.7. The molecule has 0 heterocycles. The molecule has 94 valence electrons. The van der Waals surface area contributed by atoms with Crippen LogP contribution in [0.15, 0.2) is 24.3 Å². The van der Waals surface area contributed by atoms with Gasteiger partial charge in [-0.25, -0.2) is 4.79 Å². The molecule has 1 atom stereocenters. The van der Waals surface area contributed by atoms with Crippen molar-refractivity contribution < 1.29 is 19.0 Å². The van der Waals surface area contributed by atoms with Gasteiger partial charge in [0.15, 0.2) is 17.8 Å². The van der Waals surface area contributed by atoms with Crippen molar-refractivity contribution in [3.8, 4) is 11.5 Å². The molecule has 0 saturated heterocycles. The van der Waals surface area contributed by atoms with Gasteiger partial charge >= 0.3 is 6.09 Å². The van der Waals surface area contributed by atoms with Gasteiger partial charge in [-0.15, -0.1) is 0 Å².